The Labute approximate surface area is 123 Å². The fourth-order valence-corrected chi connectivity index (χ4v) is 2.88. The Bertz CT molecular complexity index is 481. The maximum Gasteiger partial charge on any atom is 0.261 e. The predicted molar refractivity (Wildman–Crippen MR) is 81.0 cm³/mol. The molecule has 0 saturated heterocycles. The van der Waals surface area contributed by atoms with E-state index in [2.05, 4.69) is 10.6 Å². The largest absolute Gasteiger partial charge is 0.388 e. The number of carbonyl (C=O) groups is 2. The van der Waals surface area contributed by atoms with Crippen LogP contribution in [0.5, 0.6) is 0 Å². The van der Waals surface area contributed by atoms with Crippen LogP contribution in [0.1, 0.15) is 43.8 Å². The topological polar surface area (TPSA) is 78.4 Å². The second-order valence-electron chi connectivity index (χ2n) is 5.62. The van der Waals surface area contributed by atoms with Gasteiger partial charge in [0.25, 0.3) is 5.91 Å². The highest BCUT2D eigenvalue weighted by Crippen LogP contribution is 2.22. The first-order chi connectivity index (χ1) is 9.19. The van der Waals surface area contributed by atoms with E-state index < -0.39 is 5.60 Å². The molecule has 0 aromatic carbocycles. The van der Waals surface area contributed by atoms with Gasteiger partial charge < -0.3 is 15.7 Å². The van der Waals surface area contributed by atoms with Crippen molar-refractivity contribution in [1.82, 2.24) is 5.32 Å². The number of aliphatic hydroxyl groups is 1. The molecule has 0 bridgehead atoms. The van der Waals surface area contributed by atoms with Gasteiger partial charge in [-0.1, -0.05) is 13.8 Å². The molecule has 0 aliphatic rings. The number of amides is 2. The molecule has 0 radical (unpaired) electrons. The molecule has 6 heteroatoms. The van der Waals surface area contributed by atoms with Crippen molar-refractivity contribution in [2.24, 2.45) is 5.92 Å². The summed E-state index contributed by atoms with van der Waals surface area (Å²) in [5.74, 6) is -0.0516. The molecule has 0 aliphatic heterocycles. The van der Waals surface area contributed by atoms with Crippen LogP contribution in [-0.4, -0.2) is 29.1 Å². The highest BCUT2D eigenvalue weighted by atomic mass is 32.1. The number of hydrogen-bond acceptors (Lipinski definition) is 4. The lowest BCUT2D eigenvalue weighted by Crippen LogP contribution is -2.41. The van der Waals surface area contributed by atoms with Crippen LogP contribution in [0.4, 0.5) is 5.00 Å². The van der Waals surface area contributed by atoms with Gasteiger partial charge in [-0.25, -0.2) is 0 Å². The van der Waals surface area contributed by atoms with E-state index in [0.29, 0.717) is 22.2 Å². The van der Waals surface area contributed by atoms with Crippen molar-refractivity contribution >= 4 is 28.2 Å². The standard InChI is InChI=1S/C14H22N2O3S/c1-9(2)7-14(4,19)8-15-13(18)11-5-6-12(20-11)16-10(3)17/h5-6,9,19H,7-8H2,1-4H3,(H,15,18)(H,16,17). The maximum absolute atomic E-state index is 12.0. The Morgan fingerprint density at radius 2 is 2.05 bits per heavy atom. The van der Waals surface area contributed by atoms with E-state index in [9.17, 15) is 14.7 Å². The summed E-state index contributed by atoms with van der Waals surface area (Å²) in [7, 11) is 0. The van der Waals surface area contributed by atoms with Gasteiger partial charge in [-0.05, 0) is 31.4 Å². The summed E-state index contributed by atoms with van der Waals surface area (Å²) in [5, 5.41) is 16.1. The Hall–Kier alpha value is -1.40. The lowest BCUT2D eigenvalue weighted by Gasteiger charge is -2.25. The summed E-state index contributed by atoms with van der Waals surface area (Å²) in [6.07, 6.45) is 0.620. The molecule has 112 valence electrons. The Morgan fingerprint density at radius 3 is 2.60 bits per heavy atom. The first kappa shape index (κ1) is 16.7. The molecule has 0 fully saturated rings. The van der Waals surface area contributed by atoms with Crippen LogP contribution in [0, 0.1) is 5.92 Å². The normalized spacial score (nSPS) is 13.9. The van der Waals surface area contributed by atoms with Crippen molar-refractivity contribution in [2.75, 3.05) is 11.9 Å². The summed E-state index contributed by atoms with van der Waals surface area (Å²) in [5.41, 5.74) is -0.915. The molecule has 0 spiro atoms. The second kappa shape index (κ2) is 6.85. The van der Waals surface area contributed by atoms with E-state index >= 15 is 0 Å². The fraction of sp³-hybridized carbons (Fsp3) is 0.571. The molecular weight excluding hydrogens is 276 g/mol. The van der Waals surface area contributed by atoms with Gasteiger partial charge in [0.05, 0.1) is 15.5 Å². The van der Waals surface area contributed by atoms with Crippen LogP contribution in [0.25, 0.3) is 0 Å². The SMILES string of the molecule is CC(=O)Nc1ccc(C(=O)NCC(C)(O)CC(C)C)s1. The van der Waals surface area contributed by atoms with E-state index in [1.807, 2.05) is 13.8 Å². The zero-order valence-electron chi connectivity index (χ0n) is 12.3. The molecule has 1 atom stereocenters. The molecule has 1 aromatic heterocycles. The van der Waals surface area contributed by atoms with Gasteiger partial charge >= 0.3 is 0 Å². The Balaban J connectivity index is 2.54. The quantitative estimate of drug-likeness (QED) is 0.753. The monoisotopic (exact) mass is 298 g/mol. The number of thiophene rings is 1. The zero-order valence-corrected chi connectivity index (χ0v) is 13.1. The molecule has 3 N–H and O–H groups in total. The summed E-state index contributed by atoms with van der Waals surface area (Å²) < 4.78 is 0. The van der Waals surface area contributed by atoms with Gasteiger partial charge in [0.1, 0.15) is 0 Å². The third kappa shape index (κ3) is 5.71. The van der Waals surface area contributed by atoms with Gasteiger partial charge in [0.15, 0.2) is 0 Å². The van der Waals surface area contributed by atoms with Crippen LogP contribution < -0.4 is 10.6 Å². The highest BCUT2D eigenvalue weighted by Gasteiger charge is 2.23. The van der Waals surface area contributed by atoms with Gasteiger partial charge in [0, 0.05) is 13.5 Å². The number of carbonyl (C=O) groups excluding carboxylic acids is 2. The van der Waals surface area contributed by atoms with Crippen LogP contribution in [0.15, 0.2) is 12.1 Å². The number of nitrogens with one attached hydrogen (secondary N) is 2. The van der Waals surface area contributed by atoms with Crippen LogP contribution in [0.3, 0.4) is 0 Å². The summed E-state index contributed by atoms with van der Waals surface area (Å²) >= 11 is 1.21. The molecule has 20 heavy (non-hydrogen) atoms. The molecule has 2 amide bonds. The van der Waals surface area contributed by atoms with Crippen LogP contribution in [-0.2, 0) is 4.79 Å². The Kier molecular flexibility index (Phi) is 5.71. The average Bonchev–Trinajstić information content (AvgIpc) is 2.71. The van der Waals surface area contributed by atoms with Gasteiger partial charge in [-0.3, -0.25) is 9.59 Å². The van der Waals surface area contributed by atoms with Crippen molar-refractivity contribution < 1.29 is 14.7 Å². The van der Waals surface area contributed by atoms with Gasteiger partial charge in [0.2, 0.25) is 5.91 Å². The predicted octanol–water partition coefficient (Wildman–Crippen LogP) is 2.23. The van der Waals surface area contributed by atoms with Crippen molar-refractivity contribution in [3.63, 3.8) is 0 Å². The minimum Gasteiger partial charge on any atom is -0.388 e. The molecule has 1 rings (SSSR count). The van der Waals surface area contributed by atoms with Crippen molar-refractivity contribution in [2.45, 2.75) is 39.7 Å². The van der Waals surface area contributed by atoms with Gasteiger partial charge in [-0.15, -0.1) is 11.3 Å². The summed E-state index contributed by atoms with van der Waals surface area (Å²) in [6, 6.07) is 3.34. The van der Waals surface area contributed by atoms with Gasteiger partial charge in [-0.2, -0.15) is 0 Å². The number of anilines is 1. The van der Waals surface area contributed by atoms with E-state index in [1.54, 1.807) is 19.1 Å². The lowest BCUT2D eigenvalue weighted by atomic mass is 9.94. The van der Waals surface area contributed by atoms with E-state index in [4.69, 9.17) is 0 Å². The lowest BCUT2D eigenvalue weighted by molar-refractivity contribution is -0.114. The number of hydrogen-bond donors (Lipinski definition) is 3. The van der Waals surface area contributed by atoms with Crippen LogP contribution in [0.2, 0.25) is 0 Å². The minimum atomic E-state index is -0.915. The molecular formula is C14H22N2O3S. The van der Waals surface area contributed by atoms with Crippen molar-refractivity contribution in [3.8, 4) is 0 Å². The average molecular weight is 298 g/mol. The highest BCUT2D eigenvalue weighted by molar-refractivity contribution is 7.18. The minimum absolute atomic E-state index is 0.168. The molecule has 1 heterocycles. The zero-order chi connectivity index (χ0) is 15.3. The number of rotatable bonds is 6. The molecule has 0 saturated carbocycles. The smallest absolute Gasteiger partial charge is 0.261 e. The first-order valence-electron chi connectivity index (χ1n) is 6.57. The molecule has 1 aromatic rings. The molecule has 5 nitrogen and oxygen atoms in total. The van der Waals surface area contributed by atoms with E-state index in [0.717, 1.165) is 0 Å². The second-order valence-corrected chi connectivity index (χ2v) is 6.71. The fourth-order valence-electron chi connectivity index (χ4n) is 2.01. The molecule has 1 unspecified atom stereocenters. The molecule has 0 aliphatic carbocycles. The van der Waals surface area contributed by atoms with E-state index in [-0.39, 0.29) is 18.4 Å². The summed E-state index contributed by atoms with van der Waals surface area (Å²) in [6.45, 7) is 7.38. The Morgan fingerprint density at radius 1 is 1.40 bits per heavy atom. The van der Waals surface area contributed by atoms with Crippen LogP contribution >= 0.6 is 11.3 Å². The third-order valence-electron chi connectivity index (χ3n) is 2.61. The van der Waals surface area contributed by atoms with Crippen molar-refractivity contribution in [1.29, 1.82) is 0 Å². The third-order valence-corrected chi connectivity index (χ3v) is 3.61. The first-order valence-corrected chi connectivity index (χ1v) is 7.39. The summed E-state index contributed by atoms with van der Waals surface area (Å²) in [4.78, 5) is 23.4. The van der Waals surface area contributed by atoms with Crippen molar-refractivity contribution in [3.05, 3.63) is 17.0 Å². The maximum atomic E-state index is 12.0. The van der Waals surface area contributed by atoms with E-state index in [1.165, 1.54) is 18.3 Å².